The van der Waals surface area contributed by atoms with E-state index in [9.17, 15) is 19.6 Å². The van der Waals surface area contributed by atoms with Crippen LogP contribution in [0.3, 0.4) is 0 Å². The van der Waals surface area contributed by atoms with E-state index in [0.29, 0.717) is 65.1 Å². The van der Waals surface area contributed by atoms with Gasteiger partial charge in [0.2, 0.25) is 0 Å². The molecule has 0 saturated carbocycles. The van der Waals surface area contributed by atoms with Gasteiger partial charge < -0.3 is 14.7 Å². The van der Waals surface area contributed by atoms with Crippen molar-refractivity contribution in [3.8, 4) is 6.07 Å². The number of aromatic nitrogens is 1. The molecular weight excluding hydrogens is 488 g/mol. The molecule has 0 aromatic carbocycles. The number of aliphatic carboxylic acids is 1. The van der Waals surface area contributed by atoms with Gasteiger partial charge in [0.05, 0.1) is 17.1 Å². The van der Waals surface area contributed by atoms with E-state index in [1.54, 1.807) is 20.0 Å². The molecule has 1 aromatic heterocycles. The molecule has 0 bridgehead atoms. The predicted molar refractivity (Wildman–Crippen MR) is 139 cm³/mol. The highest BCUT2D eigenvalue weighted by Gasteiger charge is 2.33. The largest absolute Gasteiger partial charge is 0.481 e. The summed E-state index contributed by atoms with van der Waals surface area (Å²) >= 11 is 6.64. The molecule has 35 heavy (non-hydrogen) atoms. The lowest BCUT2D eigenvalue weighted by atomic mass is 10.0. The van der Waals surface area contributed by atoms with E-state index in [0.717, 1.165) is 0 Å². The Kier molecular flexibility index (Phi) is 8.74. The van der Waals surface area contributed by atoms with Gasteiger partial charge in [-0.15, -0.1) is 0 Å². The SMILES string of the molecule is Cc1c(/C=C2\SC(=S)N(CCCCCC(=O)O)C2=O)c(N2CC(C)OC(C)C2)n(C)c(=O)c1C#N. The van der Waals surface area contributed by atoms with Crippen molar-refractivity contribution in [1.82, 2.24) is 9.47 Å². The number of anilines is 1. The Bertz CT molecular complexity index is 1160. The number of thiocarbonyl (C=S) groups is 1. The molecule has 0 spiro atoms. The number of hydrogen-bond acceptors (Lipinski definition) is 8. The fourth-order valence-electron chi connectivity index (χ4n) is 4.49. The molecule has 3 rings (SSSR count). The van der Waals surface area contributed by atoms with Crippen LogP contribution in [0.15, 0.2) is 9.70 Å². The van der Waals surface area contributed by atoms with Crippen LogP contribution in [0.5, 0.6) is 0 Å². The quantitative estimate of drug-likeness (QED) is 0.315. The molecule has 188 valence electrons. The van der Waals surface area contributed by atoms with Gasteiger partial charge in [0.1, 0.15) is 21.8 Å². The molecule has 2 atom stereocenters. The van der Waals surface area contributed by atoms with Crippen molar-refractivity contribution in [2.45, 2.75) is 58.7 Å². The summed E-state index contributed by atoms with van der Waals surface area (Å²) in [7, 11) is 1.64. The van der Waals surface area contributed by atoms with E-state index in [4.69, 9.17) is 22.1 Å². The maximum atomic E-state index is 13.2. The Morgan fingerprint density at radius 3 is 2.51 bits per heavy atom. The van der Waals surface area contributed by atoms with Gasteiger partial charge >= 0.3 is 5.97 Å². The minimum absolute atomic E-state index is 0.0445. The van der Waals surface area contributed by atoms with Crippen LogP contribution in [-0.4, -0.2) is 62.6 Å². The molecule has 3 heterocycles. The summed E-state index contributed by atoms with van der Waals surface area (Å²) < 4.78 is 7.78. The van der Waals surface area contributed by atoms with E-state index in [1.165, 1.54) is 21.2 Å². The van der Waals surface area contributed by atoms with Crippen LogP contribution in [0, 0.1) is 18.3 Å². The van der Waals surface area contributed by atoms with Gasteiger partial charge in [0.15, 0.2) is 0 Å². The number of unbranched alkanes of at least 4 members (excludes halogenated alkanes) is 2. The minimum atomic E-state index is -0.831. The van der Waals surface area contributed by atoms with E-state index < -0.39 is 5.97 Å². The molecule has 1 amide bonds. The molecule has 11 heteroatoms. The molecule has 2 aliphatic heterocycles. The van der Waals surface area contributed by atoms with Crippen molar-refractivity contribution >= 4 is 52.1 Å². The minimum Gasteiger partial charge on any atom is -0.481 e. The van der Waals surface area contributed by atoms with Crippen molar-refractivity contribution in [2.75, 3.05) is 24.5 Å². The number of carbonyl (C=O) groups excluding carboxylic acids is 1. The van der Waals surface area contributed by atoms with Crippen LogP contribution in [-0.2, 0) is 21.4 Å². The third-order valence-corrected chi connectivity index (χ3v) is 7.49. The number of carbonyl (C=O) groups is 2. The van der Waals surface area contributed by atoms with E-state index in [1.807, 2.05) is 19.9 Å². The Labute approximate surface area is 214 Å². The normalized spacial score (nSPS) is 21.6. The first-order valence-electron chi connectivity index (χ1n) is 11.6. The lowest BCUT2D eigenvalue weighted by molar-refractivity contribution is -0.137. The van der Waals surface area contributed by atoms with Crippen LogP contribution >= 0.6 is 24.0 Å². The first-order chi connectivity index (χ1) is 16.5. The summed E-state index contributed by atoms with van der Waals surface area (Å²) in [4.78, 5) is 40.9. The Morgan fingerprint density at radius 1 is 1.26 bits per heavy atom. The second-order valence-electron chi connectivity index (χ2n) is 8.91. The van der Waals surface area contributed by atoms with Gasteiger partial charge in [-0.25, -0.2) is 0 Å². The number of ether oxygens (including phenoxy) is 1. The average Bonchev–Trinajstić information content (AvgIpc) is 3.04. The third-order valence-electron chi connectivity index (χ3n) is 6.11. The number of rotatable bonds is 8. The van der Waals surface area contributed by atoms with Gasteiger partial charge in [-0.05, 0) is 45.3 Å². The van der Waals surface area contributed by atoms with Gasteiger partial charge in [-0.1, -0.05) is 30.4 Å². The second kappa shape index (κ2) is 11.4. The summed E-state index contributed by atoms with van der Waals surface area (Å²) in [6.45, 7) is 7.23. The van der Waals surface area contributed by atoms with Crippen molar-refractivity contribution in [3.63, 3.8) is 0 Å². The Balaban J connectivity index is 1.96. The highest BCUT2D eigenvalue weighted by molar-refractivity contribution is 8.26. The second-order valence-corrected chi connectivity index (χ2v) is 10.6. The lowest BCUT2D eigenvalue weighted by Crippen LogP contribution is -2.47. The number of carboxylic acid groups (broad SMARTS) is 1. The fourth-order valence-corrected chi connectivity index (χ4v) is 5.78. The molecule has 1 aromatic rings. The lowest BCUT2D eigenvalue weighted by Gasteiger charge is -2.38. The first-order valence-corrected chi connectivity index (χ1v) is 12.8. The summed E-state index contributed by atoms with van der Waals surface area (Å²) in [6.07, 6.45) is 3.64. The number of hydrogen-bond donors (Lipinski definition) is 1. The standard InChI is InChI=1S/C24H30N4O5S2/c1-14-12-27(13-15(2)33-14)21-17(16(3)18(11-25)22(31)26(21)4)10-19-23(32)28(24(34)35-19)9-7-5-6-8-20(29)30/h10,14-15H,5-9,12-13H2,1-4H3,(H,29,30)/b19-10-. The van der Waals surface area contributed by atoms with Crippen molar-refractivity contribution in [2.24, 2.45) is 7.05 Å². The number of carboxylic acids is 1. The number of thioether (sulfide) groups is 1. The van der Waals surface area contributed by atoms with E-state index >= 15 is 0 Å². The molecule has 9 nitrogen and oxygen atoms in total. The topological polar surface area (TPSA) is 116 Å². The zero-order valence-electron chi connectivity index (χ0n) is 20.4. The third kappa shape index (κ3) is 5.94. The van der Waals surface area contributed by atoms with Crippen molar-refractivity contribution in [3.05, 3.63) is 31.9 Å². The van der Waals surface area contributed by atoms with Crippen molar-refractivity contribution in [1.29, 1.82) is 5.26 Å². The molecule has 0 radical (unpaired) electrons. The van der Waals surface area contributed by atoms with Gasteiger partial charge in [0.25, 0.3) is 11.5 Å². The van der Waals surface area contributed by atoms with Gasteiger partial charge in [-0.3, -0.25) is 23.9 Å². The number of nitrogens with zero attached hydrogens (tertiary/aromatic N) is 4. The summed E-state index contributed by atoms with van der Waals surface area (Å²) in [5, 5.41) is 18.4. The molecule has 0 aliphatic carbocycles. The summed E-state index contributed by atoms with van der Waals surface area (Å²) in [6, 6.07) is 2.02. The molecular formula is C24H30N4O5S2. The number of morpholine rings is 1. The summed E-state index contributed by atoms with van der Waals surface area (Å²) in [5.41, 5.74) is 0.840. The predicted octanol–water partition coefficient (Wildman–Crippen LogP) is 3.03. The zero-order chi connectivity index (χ0) is 25.9. The van der Waals surface area contributed by atoms with Gasteiger partial charge in [-0.2, -0.15) is 5.26 Å². The molecule has 2 saturated heterocycles. The number of nitriles is 1. The first kappa shape index (κ1) is 26.9. The van der Waals surface area contributed by atoms with Crippen LogP contribution in [0.4, 0.5) is 5.82 Å². The average molecular weight is 519 g/mol. The molecule has 2 fully saturated rings. The highest BCUT2D eigenvalue weighted by Crippen LogP contribution is 2.36. The maximum Gasteiger partial charge on any atom is 0.303 e. The van der Waals surface area contributed by atoms with E-state index in [-0.39, 0.29) is 35.7 Å². The van der Waals surface area contributed by atoms with Crippen LogP contribution in [0.2, 0.25) is 0 Å². The smallest absolute Gasteiger partial charge is 0.303 e. The number of pyridine rings is 1. The van der Waals surface area contributed by atoms with E-state index in [2.05, 4.69) is 4.90 Å². The fraction of sp³-hybridized carbons (Fsp3) is 0.542. The van der Waals surface area contributed by atoms with Crippen LogP contribution < -0.4 is 10.5 Å². The highest BCUT2D eigenvalue weighted by atomic mass is 32.2. The monoisotopic (exact) mass is 518 g/mol. The zero-order valence-corrected chi connectivity index (χ0v) is 22.0. The molecule has 2 aliphatic rings. The van der Waals surface area contributed by atoms with Crippen LogP contribution in [0.25, 0.3) is 6.08 Å². The van der Waals surface area contributed by atoms with Gasteiger partial charge in [0, 0.05) is 38.7 Å². The summed E-state index contributed by atoms with van der Waals surface area (Å²) in [5.74, 6) is -0.408. The Morgan fingerprint density at radius 2 is 1.91 bits per heavy atom. The Hall–Kier alpha value is -2.68. The number of amides is 1. The maximum absolute atomic E-state index is 13.2. The van der Waals surface area contributed by atoms with Crippen LogP contribution in [0.1, 0.15) is 56.2 Å². The van der Waals surface area contributed by atoms with Crippen molar-refractivity contribution < 1.29 is 19.4 Å². The molecule has 2 unspecified atom stereocenters. The molecule has 1 N–H and O–H groups in total.